The molecule has 0 aromatic rings. The average molecular weight is 250 g/mol. The first kappa shape index (κ1) is 8.57. The van der Waals surface area contributed by atoms with E-state index in [1.807, 2.05) is 0 Å². The number of rotatable bonds is 1. The summed E-state index contributed by atoms with van der Waals surface area (Å²) in [7, 11) is 0. The van der Waals surface area contributed by atoms with Gasteiger partial charge in [-0.2, -0.15) is 0 Å². The van der Waals surface area contributed by atoms with Gasteiger partial charge in [-0.05, 0) is 51.9 Å². The van der Waals surface area contributed by atoms with Crippen LogP contribution in [0, 0.1) is 5.92 Å². The Balaban J connectivity index is 2.33. The third-order valence-corrected chi connectivity index (χ3v) is 2.47. The Bertz CT molecular complexity index is 117. The molecular formula is C9H15I. The first-order valence-corrected chi connectivity index (χ1v) is 5.21. The van der Waals surface area contributed by atoms with Gasteiger partial charge in [0.1, 0.15) is 0 Å². The minimum absolute atomic E-state index is 0.908. The molecule has 0 aliphatic heterocycles. The molecule has 1 saturated carbocycles. The van der Waals surface area contributed by atoms with E-state index in [9.17, 15) is 0 Å². The van der Waals surface area contributed by atoms with E-state index >= 15 is 0 Å². The highest BCUT2D eigenvalue weighted by atomic mass is 127. The van der Waals surface area contributed by atoms with Gasteiger partial charge in [-0.1, -0.05) is 25.3 Å². The molecule has 0 aromatic heterocycles. The van der Waals surface area contributed by atoms with Crippen LogP contribution in [0.5, 0.6) is 0 Å². The molecule has 58 valence electrons. The minimum Gasteiger partial charge on any atom is -0.0724 e. The van der Waals surface area contributed by atoms with Crippen molar-refractivity contribution in [2.24, 2.45) is 5.92 Å². The molecule has 0 amide bonds. The van der Waals surface area contributed by atoms with E-state index in [0.717, 1.165) is 5.92 Å². The van der Waals surface area contributed by atoms with Crippen LogP contribution in [0.1, 0.15) is 39.0 Å². The van der Waals surface area contributed by atoms with Crippen LogP contribution in [0.25, 0.3) is 0 Å². The summed E-state index contributed by atoms with van der Waals surface area (Å²) in [4.78, 5) is 0. The van der Waals surface area contributed by atoms with Crippen molar-refractivity contribution < 1.29 is 0 Å². The predicted molar refractivity (Wildman–Crippen MR) is 54.4 cm³/mol. The fourth-order valence-corrected chi connectivity index (χ4v) is 2.13. The number of hydrogen-bond acceptors (Lipinski definition) is 0. The van der Waals surface area contributed by atoms with E-state index in [1.54, 1.807) is 0 Å². The van der Waals surface area contributed by atoms with Crippen LogP contribution in [-0.2, 0) is 0 Å². The van der Waals surface area contributed by atoms with Crippen LogP contribution >= 0.6 is 22.6 Å². The third-order valence-electron chi connectivity index (χ3n) is 2.12. The van der Waals surface area contributed by atoms with Crippen molar-refractivity contribution in [3.63, 3.8) is 0 Å². The monoisotopic (exact) mass is 250 g/mol. The molecule has 0 heterocycles. The van der Waals surface area contributed by atoms with E-state index in [4.69, 9.17) is 0 Å². The summed E-state index contributed by atoms with van der Waals surface area (Å²) in [6.07, 6.45) is 9.65. The molecule has 0 unspecified atom stereocenters. The Morgan fingerprint density at radius 1 is 1.30 bits per heavy atom. The van der Waals surface area contributed by atoms with Gasteiger partial charge in [0.2, 0.25) is 0 Å². The van der Waals surface area contributed by atoms with Gasteiger partial charge in [0.25, 0.3) is 0 Å². The molecule has 0 bridgehead atoms. The summed E-state index contributed by atoms with van der Waals surface area (Å²) in [5.74, 6) is 0.908. The first-order valence-electron chi connectivity index (χ1n) is 4.13. The molecule has 0 nitrogen and oxygen atoms in total. The van der Waals surface area contributed by atoms with Crippen LogP contribution in [0.4, 0.5) is 0 Å². The number of hydrogen-bond donors (Lipinski definition) is 0. The Labute approximate surface area is 77.2 Å². The second-order valence-electron chi connectivity index (χ2n) is 3.15. The van der Waals surface area contributed by atoms with Crippen LogP contribution < -0.4 is 0 Å². The molecule has 0 N–H and O–H groups in total. The lowest BCUT2D eigenvalue weighted by Crippen LogP contribution is -2.02. The van der Waals surface area contributed by atoms with Gasteiger partial charge in [-0.25, -0.2) is 0 Å². The van der Waals surface area contributed by atoms with E-state index in [1.165, 1.54) is 35.7 Å². The van der Waals surface area contributed by atoms with E-state index in [-0.39, 0.29) is 0 Å². The zero-order chi connectivity index (χ0) is 7.40. The van der Waals surface area contributed by atoms with E-state index in [2.05, 4.69) is 35.6 Å². The lowest BCUT2D eigenvalue weighted by molar-refractivity contribution is 0.419. The summed E-state index contributed by atoms with van der Waals surface area (Å²) in [6.45, 7) is 2.19. The average Bonchev–Trinajstić information content (AvgIpc) is 1.88. The topological polar surface area (TPSA) is 0 Å². The predicted octanol–water partition coefficient (Wildman–Crippen LogP) is 3.91. The van der Waals surface area contributed by atoms with Crippen LogP contribution in [-0.4, -0.2) is 0 Å². The summed E-state index contributed by atoms with van der Waals surface area (Å²) in [6, 6.07) is 0. The van der Waals surface area contributed by atoms with Gasteiger partial charge in [0.15, 0.2) is 0 Å². The highest BCUT2D eigenvalue weighted by molar-refractivity contribution is 14.1. The first-order chi connectivity index (χ1) is 4.79. The molecule has 1 fully saturated rings. The fraction of sp³-hybridized carbons (Fsp3) is 0.778. The van der Waals surface area contributed by atoms with Gasteiger partial charge in [0.05, 0.1) is 0 Å². The second-order valence-corrected chi connectivity index (χ2v) is 4.85. The van der Waals surface area contributed by atoms with Gasteiger partial charge < -0.3 is 0 Å². The van der Waals surface area contributed by atoms with Crippen LogP contribution in [0.3, 0.4) is 0 Å². The van der Waals surface area contributed by atoms with Crippen LogP contribution in [0.2, 0.25) is 0 Å². The molecule has 0 aromatic carbocycles. The van der Waals surface area contributed by atoms with Crippen molar-refractivity contribution in [3.8, 4) is 0 Å². The molecule has 1 rings (SSSR count). The molecule has 0 saturated heterocycles. The SMILES string of the molecule is C/C(I)=C/C1CCCCC1. The van der Waals surface area contributed by atoms with Crippen molar-refractivity contribution in [2.75, 3.05) is 0 Å². The van der Waals surface area contributed by atoms with Gasteiger partial charge in [0, 0.05) is 0 Å². The molecular weight excluding hydrogens is 235 g/mol. The van der Waals surface area contributed by atoms with Crippen molar-refractivity contribution in [1.82, 2.24) is 0 Å². The standard InChI is InChI=1S/C9H15I/c1-8(10)7-9-5-3-2-4-6-9/h7,9H,2-6H2,1H3/b8-7-. The summed E-state index contributed by atoms with van der Waals surface area (Å²) in [5, 5.41) is 0. The number of halogens is 1. The van der Waals surface area contributed by atoms with E-state index < -0.39 is 0 Å². The minimum atomic E-state index is 0.908. The van der Waals surface area contributed by atoms with Crippen molar-refractivity contribution >= 4 is 22.6 Å². The lowest BCUT2D eigenvalue weighted by Gasteiger charge is -2.17. The maximum absolute atomic E-state index is 2.43. The molecule has 0 atom stereocenters. The normalized spacial score (nSPS) is 23.2. The van der Waals surface area contributed by atoms with Crippen molar-refractivity contribution in [2.45, 2.75) is 39.0 Å². The zero-order valence-corrected chi connectivity index (χ0v) is 8.73. The summed E-state index contributed by atoms with van der Waals surface area (Å²) >= 11 is 2.41. The van der Waals surface area contributed by atoms with Gasteiger partial charge in [-0.3, -0.25) is 0 Å². The molecule has 0 spiro atoms. The van der Waals surface area contributed by atoms with Crippen molar-refractivity contribution in [3.05, 3.63) is 9.66 Å². The summed E-state index contributed by atoms with van der Waals surface area (Å²) in [5.41, 5.74) is 0. The quantitative estimate of drug-likeness (QED) is 0.619. The third kappa shape index (κ3) is 3.04. The smallest absolute Gasteiger partial charge is 0.0162 e. The lowest BCUT2D eigenvalue weighted by atomic mass is 9.89. The Kier molecular flexibility index (Phi) is 3.74. The Morgan fingerprint density at radius 2 is 1.90 bits per heavy atom. The van der Waals surface area contributed by atoms with Gasteiger partial charge in [-0.15, -0.1) is 0 Å². The largest absolute Gasteiger partial charge is 0.0724 e. The maximum atomic E-state index is 2.43. The highest BCUT2D eigenvalue weighted by Crippen LogP contribution is 2.26. The molecule has 10 heavy (non-hydrogen) atoms. The van der Waals surface area contributed by atoms with Crippen LogP contribution in [0.15, 0.2) is 9.66 Å². The molecule has 0 radical (unpaired) electrons. The molecule has 1 heteroatoms. The van der Waals surface area contributed by atoms with Crippen molar-refractivity contribution in [1.29, 1.82) is 0 Å². The molecule has 1 aliphatic carbocycles. The van der Waals surface area contributed by atoms with E-state index in [0.29, 0.717) is 0 Å². The fourth-order valence-electron chi connectivity index (χ4n) is 1.63. The number of allylic oxidation sites excluding steroid dienone is 2. The maximum Gasteiger partial charge on any atom is -0.0162 e. The Hall–Kier alpha value is 0.470. The second kappa shape index (κ2) is 4.37. The highest BCUT2D eigenvalue weighted by Gasteiger charge is 2.09. The van der Waals surface area contributed by atoms with Gasteiger partial charge >= 0.3 is 0 Å². The summed E-state index contributed by atoms with van der Waals surface area (Å²) < 4.78 is 1.46. The zero-order valence-electron chi connectivity index (χ0n) is 6.57. The Morgan fingerprint density at radius 3 is 2.40 bits per heavy atom. The molecule has 1 aliphatic rings.